The molecule has 5 rings (SSSR count). The molecule has 136 valence electrons. The van der Waals surface area contributed by atoms with E-state index in [2.05, 4.69) is 0 Å². The molecule has 0 bridgehead atoms. The van der Waals surface area contributed by atoms with Gasteiger partial charge >= 0.3 is 5.97 Å². The van der Waals surface area contributed by atoms with Crippen LogP contribution >= 0.6 is 0 Å². The van der Waals surface area contributed by atoms with E-state index in [1.54, 1.807) is 0 Å². The first kappa shape index (κ1) is 15.9. The van der Waals surface area contributed by atoms with Crippen LogP contribution in [-0.4, -0.2) is 40.3 Å². The topological polar surface area (TPSA) is 85.2 Å². The Bertz CT molecular complexity index is 837. The smallest absolute Gasteiger partial charge is 0.308 e. The van der Waals surface area contributed by atoms with Crippen LogP contribution in [0.25, 0.3) is 10.8 Å². The SMILES string of the molecule is O=C1C[C@H](O)[C@H]([C@@H]2C[C@H](O)CCC23Oc2cccc4cccc(c24)O3)O1. The molecule has 3 aliphatic rings. The summed E-state index contributed by atoms with van der Waals surface area (Å²) in [7, 11) is 0. The second-order valence-electron chi connectivity index (χ2n) is 7.39. The van der Waals surface area contributed by atoms with E-state index in [-0.39, 0.29) is 6.42 Å². The molecular weight excluding hydrogens is 336 g/mol. The Balaban J connectivity index is 1.59. The van der Waals surface area contributed by atoms with Crippen LogP contribution in [0.4, 0.5) is 0 Å². The van der Waals surface area contributed by atoms with Gasteiger partial charge in [0.05, 0.1) is 23.8 Å². The molecule has 1 saturated heterocycles. The molecule has 0 aromatic heterocycles. The first-order valence-electron chi connectivity index (χ1n) is 9.01. The van der Waals surface area contributed by atoms with Gasteiger partial charge in [0.1, 0.15) is 23.7 Å². The standard InChI is InChI=1S/C20H20O6/c21-12-7-8-20(13(9-12)19-14(22)10-17(23)24-19)25-15-5-1-3-11-4-2-6-16(26-20)18(11)15/h1-6,12-14,19,21-22H,7-10H2/t12-,13+,14+,19+/m1/s1. The molecule has 0 radical (unpaired) electrons. The highest BCUT2D eigenvalue weighted by Gasteiger charge is 2.57. The highest BCUT2D eigenvalue weighted by Crippen LogP contribution is 2.50. The van der Waals surface area contributed by atoms with Crippen molar-refractivity contribution in [1.82, 2.24) is 0 Å². The Kier molecular flexibility index (Phi) is 3.42. The number of aliphatic hydroxyl groups excluding tert-OH is 2. The largest absolute Gasteiger partial charge is 0.459 e. The number of hydrogen-bond donors (Lipinski definition) is 2. The number of carbonyl (C=O) groups excluding carboxylic acids is 1. The third-order valence-corrected chi connectivity index (χ3v) is 5.73. The molecule has 2 heterocycles. The molecule has 1 aliphatic carbocycles. The van der Waals surface area contributed by atoms with Crippen molar-refractivity contribution in [3.63, 3.8) is 0 Å². The fourth-order valence-electron chi connectivity index (χ4n) is 4.53. The number of hydrogen-bond acceptors (Lipinski definition) is 6. The third-order valence-electron chi connectivity index (χ3n) is 5.73. The van der Waals surface area contributed by atoms with Gasteiger partial charge in [-0.1, -0.05) is 24.3 Å². The van der Waals surface area contributed by atoms with Gasteiger partial charge in [0.2, 0.25) is 0 Å². The van der Waals surface area contributed by atoms with Crippen LogP contribution in [0.15, 0.2) is 36.4 Å². The molecule has 26 heavy (non-hydrogen) atoms. The Labute approximate surface area is 150 Å². The van der Waals surface area contributed by atoms with Crippen LogP contribution in [0.1, 0.15) is 25.7 Å². The zero-order valence-electron chi connectivity index (χ0n) is 14.1. The van der Waals surface area contributed by atoms with Crippen LogP contribution in [0.5, 0.6) is 11.5 Å². The Morgan fingerprint density at radius 2 is 1.73 bits per heavy atom. The van der Waals surface area contributed by atoms with Gasteiger partial charge in [-0.2, -0.15) is 0 Å². The van der Waals surface area contributed by atoms with Gasteiger partial charge in [-0.3, -0.25) is 4.79 Å². The van der Waals surface area contributed by atoms with Crippen molar-refractivity contribution < 1.29 is 29.2 Å². The summed E-state index contributed by atoms with van der Waals surface area (Å²) in [5, 5.41) is 22.5. The molecule has 2 aromatic carbocycles. The van der Waals surface area contributed by atoms with Gasteiger partial charge in [0.25, 0.3) is 5.79 Å². The summed E-state index contributed by atoms with van der Waals surface area (Å²) in [6.07, 6.45) is -0.948. The number of aliphatic hydroxyl groups is 2. The molecule has 0 amide bonds. The lowest BCUT2D eigenvalue weighted by atomic mass is 9.76. The Hall–Kier alpha value is -2.31. The van der Waals surface area contributed by atoms with E-state index in [9.17, 15) is 15.0 Å². The van der Waals surface area contributed by atoms with Crippen LogP contribution < -0.4 is 9.47 Å². The maximum Gasteiger partial charge on any atom is 0.308 e. The molecule has 2 aromatic rings. The van der Waals surface area contributed by atoms with Gasteiger partial charge in [-0.05, 0) is 30.4 Å². The third kappa shape index (κ3) is 2.29. The van der Waals surface area contributed by atoms with Crippen molar-refractivity contribution in [2.75, 3.05) is 0 Å². The number of carbonyl (C=O) groups is 1. The minimum Gasteiger partial charge on any atom is -0.459 e. The number of esters is 1. The summed E-state index contributed by atoms with van der Waals surface area (Å²) in [4.78, 5) is 11.7. The Morgan fingerprint density at radius 3 is 2.35 bits per heavy atom. The second-order valence-corrected chi connectivity index (χ2v) is 7.39. The van der Waals surface area contributed by atoms with Crippen LogP contribution in [0, 0.1) is 5.92 Å². The lowest BCUT2D eigenvalue weighted by molar-refractivity contribution is -0.224. The highest BCUT2D eigenvalue weighted by molar-refractivity contribution is 5.94. The zero-order chi connectivity index (χ0) is 17.9. The summed E-state index contributed by atoms with van der Waals surface area (Å²) in [5.74, 6) is -0.542. The lowest BCUT2D eigenvalue weighted by Crippen LogP contribution is -2.59. The number of cyclic esters (lactones) is 1. The van der Waals surface area contributed by atoms with E-state index in [1.807, 2.05) is 36.4 Å². The number of rotatable bonds is 1. The summed E-state index contributed by atoms with van der Waals surface area (Å²) >= 11 is 0. The molecular formula is C20H20O6. The van der Waals surface area contributed by atoms with E-state index < -0.39 is 36.0 Å². The van der Waals surface area contributed by atoms with Crippen molar-refractivity contribution in [3.05, 3.63) is 36.4 Å². The lowest BCUT2D eigenvalue weighted by Gasteiger charge is -2.48. The van der Waals surface area contributed by atoms with E-state index in [0.29, 0.717) is 30.8 Å². The molecule has 1 spiro atoms. The van der Waals surface area contributed by atoms with Gasteiger partial charge in [0.15, 0.2) is 0 Å². The normalized spacial score (nSPS) is 32.2. The van der Waals surface area contributed by atoms with Crippen molar-refractivity contribution in [2.45, 2.75) is 49.8 Å². The van der Waals surface area contributed by atoms with Crippen molar-refractivity contribution in [2.24, 2.45) is 5.92 Å². The van der Waals surface area contributed by atoms with Crippen LogP contribution in [0.2, 0.25) is 0 Å². The van der Waals surface area contributed by atoms with E-state index in [0.717, 1.165) is 10.8 Å². The predicted molar refractivity (Wildman–Crippen MR) is 91.8 cm³/mol. The molecule has 0 unspecified atom stereocenters. The maximum absolute atomic E-state index is 11.7. The predicted octanol–water partition coefficient (Wildman–Crippen LogP) is 2.14. The summed E-state index contributed by atoms with van der Waals surface area (Å²) < 4.78 is 18.1. The summed E-state index contributed by atoms with van der Waals surface area (Å²) in [6.45, 7) is 0. The number of benzene rings is 2. The molecule has 1 saturated carbocycles. The molecule has 2 N–H and O–H groups in total. The first-order chi connectivity index (χ1) is 12.6. The second kappa shape index (κ2) is 5.59. The van der Waals surface area contributed by atoms with Crippen molar-refractivity contribution >= 4 is 16.7 Å². The fourth-order valence-corrected chi connectivity index (χ4v) is 4.53. The minimum atomic E-state index is -1.07. The molecule has 4 atom stereocenters. The van der Waals surface area contributed by atoms with Gasteiger partial charge < -0.3 is 24.4 Å². The summed E-state index contributed by atoms with van der Waals surface area (Å²) in [5.41, 5.74) is 0. The average molecular weight is 356 g/mol. The fraction of sp³-hybridized carbons (Fsp3) is 0.450. The van der Waals surface area contributed by atoms with Crippen molar-refractivity contribution in [1.29, 1.82) is 0 Å². The van der Waals surface area contributed by atoms with Crippen LogP contribution in [0.3, 0.4) is 0 Å². The van der Waals surface area contributed by atoms with E-state index >= 15 is 0 Å². The maximum atomic E-state index is 11.7. The minimum absolute atomic E-state index is 0.0422. The molecule has 2 aliphatic heterocycles. The van der Waals surface area contributed by atoms with Gasteiger partial charge in [-0.25, -0.2) is 0 Å². The van der Waals surface area contributed by atoms with Gasteiger partial charge in [0, 0.05) is 6.42 Å². The molecule has 6 nitrogen and oxygen atoms in total. The number of ether oxygens (including phenoxy) is 3. The highest BCUT2D eigenvalue weighted by atomic mass is 16.7. The van der Waals surface area contributed by atoms with Crippen molar-refractivity contribution in [3.8, 4) is 11.5 Å². The van der Waals surface area contributed by atoms with Gasteiger partial charge in [-0.15, -0.1) is 0 Å². The molecule has 2 fully saturated rings. The van der Waals surface area contributed by atoms with Crippen LogP contribution in [-0.2, 0) is 9.53 Å². The first-order valence-corrected chi connectivity index (χ1v) is 9.01. The monoisotopic (exact) mass is 356 g/mol. The zero-order valence-corrected chi connectivity index (χ0v) is 14.1. The average Bonchev–Trinajstić information content (AvgIpc) is 2.96. The Morgan fingerprint density at radius 1 is 1.04 bits per heavy atom. The summed E-state index contributed by atoms with van der Waals surface area (Å²) in [6, 6.07) is 11.6. The quantitative estimate of drug-likeness (QED) is 0.762. The molecule has 6 heteroatoms. The van der Waals surface area contributed by atoms with E-state index in [4.69, 9.17) is 14.2 Å². The van der Waals surface area contributed by atoms with E-state index in [1.165, 1.54) is 0 Å².